The minimum Gasteiger partial charge on any atom is -0.481 e. The zero-order valence-corrected chi connectivity index (χ0v) is 16.0. The first-order valence-electron chi connectivity index (χ1n) is 8.46. The summed E-state index contributed by atoms with van der Waals surface area (Å²) in [6.45, 7) is 0.665. The fourth-order valence-corrected chi connectivity index (χ4v) is 3.13. The van der Waals surface area contributed by atoms with Crippen molar-refractivity contribution in [2.24, 2.45) is 0 Å². The van der Waals surface area contributed by atoms with Crippen molar-refractivity contribution in [3.63, 3.8) is 0 Å². The first kappa shape index (κ1) is 19.8. The van der Waals surface area contributed by atoms with Gasteiger partial charge in [-0.2, -0.15) is 8.78 Å². The highest BCUT2D eigenvalue weighted by Crippen LogP contribution is 2.33. The van der Waals surface area contributed by atoms with Gasteiger partial charge >= 0.3 is 6.61 Å². The number of carbonyl (C=O) groups is 1. The SMILES string of the molecule is Cc1ccc(OC(C)C(=O)Nc2nc(-c3ccccc3OC(F)F)cs2)cc1. The monoisotopic (exact) mass is 404 g/mol. The number of carbonyl (C=O) groups excluding carboxylic acids is 1. The van der Waals surface area contributed by atoms with E-state index in [0.29, 0.717) is 22.1 Å². The lowest BCUT2D eigenvalue weighted by Gasteiger charge is -2.13. The molecule has 28 heavy (non-hydrogen) atoms. The van der Waals surface area contributed by atoms with Crippen molar-refractivity contribution in [2.45, 2.75) is 26.6 Å². The maximum atomic E-state index is 12.6. The van der Waals surface area contributed by atoms with E-state index >= 15 is 0 Å². The lowest BCUT2D eigenvalue weighted by molar-refractivity contribution is -0.122. The van der Waals surface area contributed by atoms with E-state index in [9.17, 15) is 13.6 Å². The number of thiazole rings is 1. The van der Waals surface area contributed by atoms with Crippen molar-refractivity contribution in [1.29, 1.82) is 0 Å². The van der Waals surface area contributed by atoms with E-state index in [1.165, 1.54) is 17.4 Å². The van der Waals surface area contributed by atoms with Crippen molar-refractivity contribution in [1.82, 2.24) is 4.98 Å². The standard InChI is InChI=1S/C20H18F2N2O3S/c1-12-7-9-14(10-8-12)26-13(2)18(25)24-20-23-16(11-28-20)15-5-3-4-6-17(15)27-19(21)22/h3-11,13,19H,1-2H3,(H,23,24,25). The van der Waals surface area contributed by atoms with Crippen LogP contribution in [0.4, 0.5) is 13.9 Å². The van der Waals surface area contributed by atoms with E-state index in [2.05, 4.69) is 15.0 Å². The molecule has 0 bridgehead atoms. The van der Waals surface area contributed by atoms with Crippen LogP contribution in [0.3, 0.4) is 0 Å². The number of nitrogens with one attached hydrogen (secondary N) is 1. The summed E-state index contributed by atoms with van der Waals surface area (Å²) in [6.07, 6.45) is -0.732. The van der Waals surface area contributed by atoms with Crippen LogP contribution in [0.1, 0.15) is 12.5 Å². The molecule has 1 unspecified atom stereocenters. The molecule has 1 N–H and O–H groups in total. The number of aromatic nitrogens is 1. The van der Waals surface area contributed by atoms with E-state index in [4.69, 9.17) is 4.74 Å². The van der Waals surface area contributed by atoms with Gasteiger partial charge in [0.2, 0.25) is 0 Å². The maximum absolute atomic E-state index is 12.6. The Labute approximate surface area is 164 Å². The van der Waals surface area contributed by atoms with Gasteiger partial charge in [0, 0.05) is 10.9 Å². The second-order valence-corrected chi connectivity index (χ2v) is 6.83. The van der Waals surface area contributed by atoms with Gasteiger partial charge in [0.05, 0.1) is 5.69 Å². The van der Waals surface area contributed by atoms with Crippen LogP contribution in [-0.2, 0) is 4.79 Å². The molecule has 8 heteroatoms. The molecule has 0 aliphatic heterocycles. The van der Waals surface area contributed by atoms with E-state index in [1.54, 1.807) is 42.6 Å². The van der Waals surface area contributed by atoms with Crippen LogP contribution >= 0.6 is 11.3 Å². The summed E-state index contributed by atoms with van der Waals surface area (Å²) in [6, 6.07) is 13.7. The van der Waals surface area contributed by atoms with E-state index in [-0.39, 0.29) is 11.7 Å². The van der Waals surface area contributed by atoms with E-state index < -0.39 is 12.7 Å². The smallest absolute Gasteiger partial charge is 0.387 e. The molecule has 0 radical (unpaired) electrons. The molecular weight excluding hydrogens is 386 g/mol. The number of aryl methyl sites for hydroxylation is 1. The van der Waals surface area contributed by atoms with Gasteiger partial charge in [-0.3, -0.25) is 10.1 Å². The minimum atomic E-state index is -2.93. The third-order valence-corrected chi connectivity index (χ3v) is 4.57. The second-order valence-electron chi connectivity index (χ2n) is 5.97. The van der Waals surface area contributed by atoms with Crippen molar-refractivity contribution in [3.8, 4) is 22.8 Å². The Hall–Kier alpha value is -3.00. The summed E-state index contributed by atoms with van der Waals surface area (Å²) in [7, 11) is 0. The fraction of sp³-hybridized carbons (Fsp3) is 0.200. The van der Waals surface area contributed by atoms with Crippen LogP contribution in [0.2, 0.25) is 0 Å². The third kappa shape index (κ3) is 5.04. The zero-order chi connectivity index (χ0) is 20.1. The molecule has 0 fully saturated rings. The molecule has 5 nitrogen and oxygen atoms in total. The van der Waals surface area contributed by atoms with Crippen molar-refractivity contribution in [3.05, 3.63) is 59.5 Å². The number of hydrogen-bond donors (Lipinski definition) is 1. The van der Waals surface area contributed by atoms with E-state index in [1.807, 2.05) is 19.1 Å². The largest absolute Gasteiger partial charge is 0.481 e. The van der Waals surface area contributed by atoms with Gasteiger partial charge < -0.3 is 9.47 Å². The Bertz CT molecular complexity index is 945. The predicted molar refractivity (Wildman–Crippen MR) is 104 cm³/mol. The highest BCUT2D eigenvalue weighted by Gasteiger charge is 2.18. The number of para-hydroxylation sites is 1. The topological polar surface area (TPSA) is 60.5 Å². The number of rotatable bonds is 7. The molecule has 1 aromatic heterocycles. The predicted octanol–water partition coefficient (Wildman–Crippen LogP) is 5.13. The Balaban J connectivity index is 1.67. The number of amides is 1. The summed E-state index contributed by atoms with van der Waals surface area (Å²) in [5.41, 5.74) is 1.95. The lowest BCUT2D eigenvalue weighted by atomic mass is 10.1. The molecule has 2 aromatic carbocycles. The first-order valence-corrected chi connectivity index (χ1v) is 9.34. The molecule has 0 spiro atoms. The van der Waals surface area contributed by atoms with Crippen LogP contribution < -0.4 is 14.8 Å². The average molecular weight is 404 g/mol. The molecule has 0 saturated heterocycles. The number of ether oxygens (including phenoxy) is 2. The van der Waals surface area contributed by atoms with Gasteiger partial charge in [0.25, 0.3) is 5.91 Å². The van der Waals surface area contributed by atoms with Crippen molar-refractivity contribution < 1.29 is 23.0 Å². The molecule has 0 aliphatic carbocycles. The first-order chi connectivity index (χ1) is 13.4. The van der Waals surface area contributed by atoms with Crippen LogP contribution in [0.15, 0.2) is 53.9 Å². The maximum Gasteiger partial charge on any atom is 0.387 e. The number of nitrogens with zero attached hydrogens (tertiary/aromatic N) is 1. The highest BCUT2D eigenvalue weighted by molar-refractivity contribution is 7.14. The van der Waals surface area contributed by atoms with Gasteiger partial charge in [0.1, 0.15) is 11.5 Å². The van der Waals surface area contributed by atoms with Crippen LogP contribution in [-0.4, -0.2) is 23.6 Å². The quantitative estimate of drug-likeness (QED) is 0.593. The summed E-state index contributed by atoms with van der Waals surface area (Å²) < 4.78 is 35.3. The Kier molecular flexibility index (Phi) is 6.20. The number of anilines is 1. The Morgan fingerprint density at radius 1 is 1.11 bits per heavy atom. The normalized spacial score (nSPS) is 11.9. The number of benzene rings is 2. The zero-order valence-electron chi connectivity index (χ0n) is 15.2. The molecule has 146 valence electrons. The molecule has 3 aromatic rings. The number of alkyl halides is 2. The van der Waals surface area contributed by atoms with Crippen molar-refractivity contribution in [2.75, 3.05) is 5.32 Å². The molecule has 1 heterocycles. The molecular formula is C20H18F2N2O3S. The average Bonchev–Trinajstić information content (AvgIpc) is 3.11. The summed E-state index contributed by atoms with van der Waals surface area (Å²) in [4.78, 5) is 16.6. The number of halogens is 2. The summed E-state index contributed by atoms with van der Waals surface area (Å²) in [5.74, 6) is 0.251. The van der Waals surface area contributed by atoms with Gasteiger partial charge in [0.15, 0.2) is 11.2 Å². The summed E-state index contributed by atoms with van der Waals surface area (Å²) >= 11 is 1.18. The minimum absolute atomic E-state index is 0.0248. The molecule has 1 amide bonds. The van der Waals surface area contributed by atoms with Crippen LogP contribution in [0.5, 0.6) is 11.5 Å². The fourth-order valence-electron chi connectivity index (χ4n) is 2.41. The lowest BCUT2D eigenvalue weighted by Crippen LogP contribution is -2.30. The van der Waals surface area contributed by atoms with Gasteiger partial charge in [-0.25, -0.2) is 4.98 Å². The molecule has 0 aliphatic rings. The van der Waals surface area contributed by atoms with Gasteiger partial charge in [-0.1, -0.05) is 29.8 Å². The highest BCUT2D eigenvalue weighted by atomic mass is 32.1. The Morgan fingerprint density at radius 2 is 1.82 bits per heavy atom. The number of hydrogen-bond acceptors (Lipinski definition) is 5. The van der Waals surface area contributed by atoms with Gasteiger partial charge in [-0.05, 0) is 38.1 Å². The van der Waals surface area contributed by atoms with E-state index in [0.717, 1.165) is 5.56 Å². The van der Waals surface area contributed by atoms with Crippen LogP contribution in [0, 0.1) is 6.92 Å². The van der Waals surface area contributed by atoms with Crippen molar-refractivity contribution >= 4 is 22.4 Å². The molecule has 0 saturated carbocycles. The Morgan fingerprint density at radius 3 is 2.54 bits per heavy atom. The van der Waals surface area contributed by atoms with Gasteiger partial charge in [-0.15, -0.1) is 11.3 Å². The third-order valence-electron chi connectivity index (χ3n) is 3.82. The molecule has 1 atom stereocenters. The molecule has 3 rings (SSSR count). The van der Waals surface area contributed by atoms with Crippen LogP contribution in [0.25, 0.3) is 11.3 Å². The summed E-state index contributed by atoms with van der Waals surface area (Å²) in [5, 5.41) is 4.68. The second kappa shape index (κ2) is 8.79.